The van der Waals surface area contributed by atoms with Gasteiger partial charge in [0, 0.05) is 35.6 Å². The first-order valence-corrected chi connectivity index (χ1v) is 3.47. The third-order valence-electron chi connectivity index (χ3n) is 0.616. The Bertz CT molecular complexity index is 147. The highest BCUT2D eigenvalue weighted by Gasteiger charge is 1.85. The standard InChI is InChI=1S/C5H7IN2O/c6-3-1-2-4-8-5(7)9/h2,4H2,(H3,7,8,9). The third kappa shape index (κ3) is 7.56. The maximum Gasteiger partial charge on any atom is 0.312 e. The van der Waals surface area contributed by atoms with Crippen molar-refractivity contribution in [3.05, 3.63) is 0 Å². The number of hydrogen-bond donors (Lipinski definition) is 2. The fourth-order valence-electron chi connectivity index (χ4n) is 0.295. The van der Waals surface area contributed by atoms with Gasteiger partial charge in [-0.25, -0.2) is 4.79 Å². The number of carbonyl (C=O) groups is 1. The summed E-state index contributed by atoms with van der Waals surface area (Å²) in [5, 5.41) is 2.41. The number of urea groups is 1. The first kappa shape index (κ1) is 8.56. The van der Waals surface area contributed by atoms with Crippen molar-refractivity contribution in [1.29, 1.82) is 0 Å². The lowest BCUT2D eigenvalue weighted by molar-refractivity contribution is 0.249. The molecule has 9 heavy (non-hydrogen) atoms. The minimum atomic E-state index is -0.495. The first-order valence-electron chi connectivity index (χ1n) is 2.39. The number of primary amides is 1. The summed E-state index contributed by atoms with van der Waals surface area (Å²) in [6.07, 6.45) is 0.659. The average molecular weight is 238 g/mol. The lowest BCUT2D eigenvalue weighted by atomic mass is 10.4. The predicted octanol–water partition coefficient (Wildman–Crippen LogP) is 0.441. The van der Waals surface area contributed by atoms with Gasteiger partial charge in [0.25, 0.3) is 0 Å². The second kappa shape index (κ2) is 5.69. The molecule has 0 rings (SSSR count). The molecule has 3 N–H and O–H groups in total. The number of carbonyl (C=O) groups excluding carboxylic acids is 1. The molecule has 0 saturated heterocycles. The molecule has 0 aromatic rings. The van der Waals surface area contributed by atoms with Crippen molar-refractivity contribution in [1.82, 2.24) is 5.32 Å². The summed E-state index contributed by atoms with van der Waals surface area (Å²) in [6, 6.07) is -0.495. The van der Waals surface area contributed by atoms with Gasteiger partial charge in [0.2, 0.25) is 0 Å². The van der Waals surface area contributed by atoms with E-state index in [0.29, 0.717) is 13.0 Å². The van der Waals surface area contributed by atoms with E-state index >= 15 is 0 Å². The van der Waals surface area contributed by atoms with Crippen LogP contribution in [-0.4, -0.2) is 12.6 Å². The lowest BCUT2D eigenvalue weighted by Crippen LogP contribution is -2.29. The van der Waals surface area contributed by atoms with E-state index in [2.05, 4.69) is 15.2 Å². The Hall–Kier alpha value is -0.440. The molecule has 4 heteroatoms. The van der Waals surface area contributed by atoms with Gasteiger partial charge in [-0.05, 0) is 3.93 Å². The van der Waals surface area contributed by atoms with Crippen LogP contribution in [0, 0.1) is 9.85 Å². The van der Waals surface area contributed by atoms with E-state index in [0.717, 1.165) is 0 Å². The SMILES string of the molecule is NC(=O)NCCC#CI. The van der Waals surface area contributed by atoms with Crippen LogP contribution in [0.25, 0.3) is 0 Å². The molecule has 0 spiro atoms. The summed E-state index contributed by atoms with van der Waals surface area (Å²) in [7, 11) is 0. The summed E-state index contributed by atoms with van der Waals surface area (Å²) >= 11 is 1.94. The van der Waals surface area contributed by atoms with Gasteiger partial charge in [0.15, 0.2) is 0 Å². The van der Waals surface area contributed by atoms with Gasteiger partial charge in [0.1, 0.15) is 0 Å². The smallest absolute Gasteiger partial charge is 0.312 e. The van der Waals surface area contributed by atoms with Crippen molar-refractivity contribution in [3.63, 3.8) is 0 Å². The Morgan fingerprint density at radius 1 is 1.78 bits per heavy atom. The molecular formula is C5H7IN2O. The van der Waals surface area contributed by atoms with Crippen molar-refractivity contribution < 1.29 is 4.79 Å². The molecule has 0 saturated carbocycles. The molecular weight excluding hydrogens is 231 g/mol. The molecule has 3 nitrogen and oxygen atoms in total. The van der Waals surface area contributed by atoms with Gasteiger partial charge < -0.3 is 11.1 Å². The van der Waals surface area contributed by atoms with E-state index in [-0.39, 0.29) is 0 Å². The second-order valence-corrected chi connectivity index (χ2v) is 1.85. The Morgan fingerprint density at radius 2 is 2.44 bits per heavy atom. The zero-order valence-corrected chi connectivity index (χ0v) is 6.94. The highest BCUT2D eigenvalue weighted by atomic mass is 127. The monoisotopic (exact) mass is 238 g/mol. The normalized spacial score (nSPS) is 7.22. The second-order valence-electron chi connectivity index (χ2n) is 1.31. The molecule has 0 fully saturated rings. The molecule has 0 aromatic carbocycles. The molecule has 0 heterocycles. The minimum Gasteiger partial charge on any atom is -0.352 e. The number of amides is 2. The van der Waals surface area contributed by atoms with Crippen LogP contribution in [-0.2, 0) is 0 Å². The minimum absolute atomic E-state index is 0.495. The Morgan fingerprint density at radius 3 is 2.89 bits per heavy atom. The first-order chi connectivity index (χ1) is 4.27. The number of hydrogen-bond acceptors (Lipinski definition) is 1. The number of rotatable bonds is 2. The molecule has 2 amide bonds. The molecule has 0 aliphatic carbocycles. The van der Waals surface area contributed by atoms with Crippen molar-refractivity contribution in [2.45, 2.75) is 6.42 Å². The van der Waals surface area contributed by atoms with Crippen molar-refractivity contribution in [2.75, 3.05) is 6.54 Å². The molecule has 0 aliphatic rings. The fraction of sp³-hybridized carbons (Fsp3) is 0.400. The Balaban J connectivity index is 3.07. The van der Waals surface area contributed by atoms with Gasteiger partial charge in [-0.15, -0.1) is 0 Å². The van der Waals surface area contributed by atoms with Gasteiger partial charge >= 0.3 is 6.03 Å². The number of halogens is 1. The van der Waals surface area contributed by atoms with E-state index in [4.69, 9.17) is 5.73 Å². The molecule has 0 atom stereocenters. The molecule has 0 bridgehead atoms. The van der Waals surface area contributed by atoms with Gasteiger partial charge in [0.05, 0.1) is 0 Å². The highest BCUT2D eigenvalue weighted by molar-refractivity contribution is 14.1. The molecule has 50 valence electrons. The summed E-state index contributed by atoms with van der Waals surface area (Å²) < 4.78 is 2.67. The van der Waals surface area contributed by atoms with Gasteiger partial charge in [-0.1, -0.05) is 5.92 Å². The average Bonchev–Trinajstić information content (AvgIpc) is 1.80. The molecule has 0 radical (unpaired) electrons. The quantitative estimate of drug-likeness (QED) is 0.409. The molecule has 0 unspecified atom stereocenters. The Kier molecular flexibility index (Phi) is 5.41. The maximum absolute atomic E-state index is 10.0. The number of nitrogens with two attached hydrogens (primary N) is 1. The van der Waals surface area contributed by atoms with E-state index in [1.54, 1.807) is 0 Å². The summed E-state index contributed by atoms with van der Waals surface area (Å²) in [4.78, 5) is 10.0. The predicted molar refractivity (Wildman–Crippen MR) is 44.0 cm³/mol. The van der Waals surface area contributed by atoms with E-state index in [9.17, 15) is 4.79 Å². The highest BCUT2D eigenvalue weighted by Crippen LogP contribution is 1.75. The summed E-state index contributed by atoms with van der Waals surface area (Å²) in [6.45, 7) is 0.533. The van der Waals surface area contributed by atoms with E-state index in [1.807, 2.05) is 22.6 Å². The van der Waals surface area contributed by atoms with Crippen LogP contribution in [0.4, 0.5) is 4.79 Å². The van der Waals surface area contributed by atoms with Crippen LogP contribution < -0.4 is 11.1 Å². The zero-order chi connectivity index (χ0) is 7.11. The third-order valence-corrected chi connectivity index (χ3v) is 0.997. The summed E-state index contributed by atoms with van der Waals surface area (Å²) in [5.74, 6) is 2.77. The van der Waals surface area contributed by atoms with Gasteiger partial charge in [-0.3, -0.25) is 0 Å². The van der Waals surface area contributed by atoms with Crippen LogP contribution in [0.15, 0.2) is 0 Å². The van der Waals surface area contributed by atoms with Gasteiger partial charge in [-0.2, -0.15) is 0 Å². The van der Waals surface area contributed by atoms with E-state index in [1.165, 1.54) is 0 Å². The van der Waals surface area contributed by atoms with Crippen LogP contribution >= 0.6 is 22.6 Å². The van der Waals surface area contributed by atoms with Crippen molar-refractivity contribution >= 4 is 28.6 Å². The van der Waals surface area contributed by atoms with Crippen LogP contribution in [0.2, 0.25) is 0 Å². The topological polar surface area (TPSA) is 55.1 Å². The Labute approximate surface area is 67.5 Å². The largest absolute Gasteiger partial charge is 0.352 e. The molecule has 0 aromatic heterocycles. The lowest BCUT2D eigenvalue weighted by Gasteiger charge is -1.93. The molecule has 0 aliphatic heterocycles. The van der Waals surface area contributed by atoms with Crippen molar-refractivity contribution in [3.8, 4) is 9.85 Å². The fourth-order valence-corrected chi connectivity index (χ4v) is 0.565. The van der Waals surface area contributed by atoms with Crippen molar-refractivity contribution in [2.24, 2.45) is 5.73 Å². The zero-order valence-electron chi connectivity index (χ0n) is 4.78. The van der Waals surface area contributed by atoms with Crippen LogP contribution in [0.3, 0.4) is 0 Å². The van der Waals surface area contributed by atoms with E-state index < -0.39 is 6.03 Å². The number of nitrogens with one attached hydrogen (secondary N) is 1. The van der Waals surface area contributed by atoms with Crippen LogP contribution in [0.5, 0.6) is 0 Å². The summed E-state index contributed by atoms with van der Waals surface area (Å²) in [5.41, 5.74) is 4.77. The maximum atomic E-state index is 10.0. The van der Waals surface area contributed by atoms with Crippen LogP contribution in [0.1, 0.15) is 6.42 Å².